The standard InChI is InChI=1S/C11H20N6O3/c1-3-7(4-2)8(18)5-13-10-9(17(19)20)11(16-12)15-6-14-10/h6-8,18H,3-5,12H2,1-2H3,(H2,13,14,15,16). The number of anilines is 2. The van der Waals surface area contributed by atoms with E-state index in [0.29, 0.717) is 0 Å². The highest BCUT2D eigenvalue weighted by molar-refractivity contribution is 5.68. The van der Waals surface area contributed by atoms with Crippen LogP contribution in [0, 0.1) is 16.0 Å². The Bertz CT molecular complexity index is 452. The van der Waals surface area contributed by atoms with E-state index in [0.717, 1.165) is 19.2 Å². The predicted octanol–water partition coefficient (Wildman–Crippen LogP) is 0.879. The first-order valence-electron chi connectivity index (χ1n) is 6.43. The number of nitrogen functional groups attached to an aromatic ring is 1. The van der Waals surface area contributed by atoms with Gasteiger partial charge in [0.15, 0.2) is 0 Å². The maximum absolute atomic E-state index is 11.0. The zero-order chi connectivity index (χ0) is 15.1. The number of rotatable bonds is 8. The van der Waals surface area contributed by atoms with Crippen molar-refractivity contribution in [2.24, 2.45) is 11.8 Å². The Morgan fingerprint density at radius 1 is 1.40 bits per heavy atom. The fourth-order valence-electron chi connectivity index (χ4n) is 1.99. The van der Waals surface area contributed by atoms with Crippen LogP contribution in [0.5, 0.6) is 0 Å². The molecule has 0 radical (unpaired) electrons. The smallest absolute Gasteiger partial charge is 0.354 e. The predicted molar refractivity (Wildman–Crippen MR) is 75.1 cm³/mol. The minimum absolute atomic E-state index is 0.0305. The topological polar surface area (TPSA) is 139 Å². The Hall–Kier alpha value is -2.00. The van der Waals surface area contributed by atoms with Crippen LogP contribution in [0.1, 0.15) is 26.7 Å². The lowest BCUT2D eigenvalue weighted by molar-refractivity contribution is -0.383. The van der Waals surface area contributed by atoms with Gasteiger partial charge in [-0.3, -0.25) is 10.1 Å². The van der Waals surface area contributed by atoms with E-state index in [9.17, 15) is 15.2 Å². The van der Waals surface area contributed by atoms with Crippen LogP contribution in [-0.4, -0.2) is 32.6 Å². The highest BCUT2D eigenvalue weighted by atomic mass is 16.6. The first kappa shape index (κ1) is 16.1. The number of hydrogen-bond donors (Lipinski definition) is 4. The number of aromatic nitrogens is 2. The number of nitrogens with two attached hydrogens (primary N) is 1. The molecule has 1 aromatic rings. The van der Waals surface area contributed by atoms with Gasteiger partial charge in [0, 0.05) is 6.54 Å². The van der Waals surface area contributed by atoms with Crippen molar-refractivity contribution in [3.05, 3.63) is 16.4 Å². The van der Waals surface area contributed by atoms with Crippen LogP contribution in [0.3, 0.4) is 0 Å². The molecule has 0 fully saturated rings. The van der Waals surface area contributed by atoms with E-state index in [1.807, 2.05) is 13.8 Å². The maximum Gasteiger partial charge on any atom is 0.354 e. The summed E-state index contributed by atoms with van der Waals surface area (Å²) in [7, 11) is 0. The van der Waals surface area contributed by atoms with E-state index in [-0.39, 0.29) is 29.8 Å². The van der Waals surface area contributed by atoms with Gasteiger partial charge in [-0.05, 0) is 5.92 Å². The maximum atomic E-state index is 11.0. The van der Waals surface area contributed by atoms with Crippen LogP contribution in [0.2, 0.25) is 0 Å². The summed E-state index contributed by atoms with van der Waals surface area (Å²) in [5.41, 5.74) is 1.81. The molecule has 0 bridgehead atoms. The van der Waals surface area contributed by atoms with Gasteiger partial charge in [0.2, 0.25) is 11.6 Å². The molecule has 0 aromatic carbocycles. The van der Waals surface area contributed by atoms with Crippen LogP contribution in [0.15, 0.2) is 6.33 Å². The molecule has 9 nitrogen and oxygen atoms in total. The van der Waals surface area contributed by atoms with Crippen LogP contribution in [0.25, 0.3) is 0 Å². The molecule has 0 saturated carbocycles. The monoisotopic (exact) mass is 284 g/mol. The number of nitrogens with zero attached hydrogens (tertiary/aromatic N) is 3. The summed E-state index contributed by atoms with van der Waals surface area (Å²) in [5, 5.41) is 23.8. The highest BCUT2D eigenvalue weighted by Crippen LogP contribution is 2.28. The van der Waals surface area contributed by atoms with E-state index in [1.165, 1.54) is 0 Å². The molecule has 1 aromatic heterocycles. The molecule has 1 rings (SSSR count). The van der Waals surface area contributed by atoms with Crippen LogP contribution in [0.4, 0.5) is 17.3 Å². The first-order valence-corrected chi connectivity index (χ1v) is 6.43. The highest BCUT2D eigenvalue weighted by Gasteiger charge is 2.23. The molecule has 0 saturated heterocycles. The summed E-state index contributed by atoms with van der Waals surface area (Å²) >= 11 is 0. The van der Waals surface area contributed by atoms with Crippen molar-refractivity contribution in [3.63, 3.8) is 0 Å². The fourth-order valence-corrected chi connectivity index (χ4v) is 1.99. The SMILES string of the molecule is CCC(CC)C(O)CNc1ncnc(NN)c1[N+](=O)[O-]. The number of aliphatic hydroxyl groups is 1. The Labute approximate surface area is 116 Å². The lowest BCUT2D eigenvalue weighted by Gasteiger charge is -2.20. The average molecular weight is 284 g/mol. The molecule has 5 N–H and O–H groups in total. The van der Waals surface area contributed by atoms with Crippen molar-refractivity contribution in [3.8, 4) is 0 Å². The van der Waals surface area contributed by atoms with Gasteiger partial charge in [-0.15, -0.1) is 0 Å². The number of nitro groups is 1. The summed E-state index contributed by atoms with van der Waals surface area (Å²) in [4.78, 5) is 17.9. The molecular weight excluding hydrogens is 264 g/mol. The molecule has 0 aliphatic rings. The van der Waals surface area contributed by atoms with Crippen LogP contribution < -0.4 is 16.6 Å². The normalized spacial score (nSPS) is 12.2. The fraction of sp³-hybridized carbons (Fsp3) is 0.636. The Morgan fingerprint density at radius 3 is 2.50 bits per heavy atom. The van der Waals surface area contributed by atoms with E-state index < -0.39 is 11.0 Å². The van der Waals surface area contributed by atoms with Gasteiger partial charge in [0.25, 0.3) is 0 Å². The zero-order valence-electron chi connectivity index (χ0n) is 11.5. The second-order valence-electron chi connectivity index (χ2n) is 4.35. The van der Waals surface area contributed by atoms with Crippen molar-refractivity contribution in [1.82, 2.24) is 9.97 Å². The Kier molecular flexibility index (Phi) is 6.07. The van der Waals surface area contributed by atoms with Gasteiger partial charge in [-0.25, -0.2) is 15.8 Å². The molecule has 0 spiro atoms. The molecule has 0 amide bonds. The lowest BCUT2D eigenvalue weighted by Crippen LogP contribution is -2.28. The van der Waals surface area contributed by atoms with Crippen molar-refractivity contribution >= 4 is 17.3 Å². The third kappa shape index (κ3) is 3.75. The van der Waals surface area contributed by atoms with Crippen molar-refractivity contribution in [1.29, 1.82) is 0 Å². The summed E-state index contributed by atoms with van der Waals surface area (Å²) in [5.74, 6) is 5.27. The Balaban J connectivity index is 2.85. The quantitative estimate of drug-likeness (QED) is 0.313. The van der Waals surface area contributed by atoms with Gasteiger partial charge in [0.1, 0.15) is 6.33 Å². The van der Waals surface area contributed by atoms with Crippen molar-refractivity contribution in [2.45, 2.75) is 32.8 Å². The lowest BCUT2D eigenvalue weighted by atomic mass is 9.96. The average Bonchev–Trinajstić information content (AvgIpc) is 2.45. The van der Waals surface area contributed by atoms with E-state index in [1.54, 1.807) is 0 Å². The second kappa shape index (κ2) is 7.56. The Morgan fingerprint density at radius 2 is 2.00 bits per heavy atom. The van der Waals surface area contributed by atoms with Crippen LogP contribution >= 0.6 is 0 Å². The largest absolute Gasteiger partial charge is 0.391 e. The third-order valence-electron chi connectivity index (χ3n) is 3.21. The van der Waals surface area contributed by atoms with E-state index in [4.69, 9.17) is 5.84 Å². The van der Waals surface area contributed by atoms with Crippen molar-refractivity contribution in [2.75, 3.05) is 17.3 Å². The van der Waals surface area contributed by atoms with Crippen LogP contribution in [-0.2, 0) is 0 Å². The molecule has 1 unspecified atom stereocenters. The summed E-state index contributed by atoms with van der Waals surface area (Å²) < 4.78 is 0. The first-order chi connectivity index (χ1) is 9.54. The zero-order valence-corrected chi connectivity index (χ0v) is 11.5. The van der Waals surface area contributed by atoms with E-state index in [2.05, 4.69) is 20.7 Å². The number of nitrogens with one attached hydrogen (secondary N) is 2. The van der Waals surface area contributed by atoms with Gasteiger partial charge in [-0.1, -0.05) is 26.7 Å². The molecular formula is C11H20N6O3. The number of hydrogen-bond acceptors (Lipinski definition) is 8. The minimum Gasteiger partial charge on any atom is -0.391 e. The molecule has 0 aliphatic heterocycles. The third-order valence-corrected chi connectivity index (χ3v) is 3.21. The van der Waals surface area contributed by atoms with Gasteiger partial charge in [-0.2, -0.15) is 0 Å². The molecule has 9 heteroatoms. The molecule has 20 heavy (non-hydrogen) atoms. The molecule has 112 valence electrons. The van der Waals surface area contributed by atoms with Gasteiger partial charge >= 0.3 is 5.69 Å². The number of aliphatic hydroxyl groups excluding tert-OH is 1. The molecule has 1 heterocycles. The summed E-state index contributed by atoms with van der Waals surface area (Å²) in [6.45, 7) is 4.15. The van der Waals surface area contributed by atoms with E-state index >= 15 is 0 Å². The minimum atomic E-state index is -0.624. The van der Waals surface area contributed by atoms with Gasteiger partial charge < -0.3 is 15.8 Å². The summed E-state index contributed by atoms with van der Waals surface area (Å²) in [6.07, 6.45) is 2.23. The molecule has 0 aliphatic carbocycles. The summed E-state index contributed by atoms with van der Waals surface area (Å²) in [6, 6.07) is 0. The van der Waals surface area contributed by atoms with Crippen molar-refractivity contribution < 1.29 is 10.0 Å². The molecule has 1 atom stereocenters. The van der Waals surface area contributed by atoms with Gasteiger partial charge in [0.05, 0.1) is 11.0 Å². The second-order valence-corrected chi connectivity index (χ2v) is 4.35. The number of hydrazine groups is 1.